The topological polar surface area (TPSA) is 40.5 Å². The maximum absolute atomic E-state index is 10.3. The largest absolute Gasteiger partial charge is 0.385 e. The Hall–Kier alpha value is -1.00. The fourth-order valence-corrected chi connectivity index (χ4v) is 3.42. The quantitative estimate of drug-likeness (QED) is 0.774. The van der Waals surface area contributed by atoms with Crippen molar-refractivity contribution < 1.29 is 10.2 Å². The van der Waals surface area contributed by atoms with Crippen molar-refractivity contribution >= 4 is 23.4 Å². The molecule has 0 amide bonds. The molecule has 1 aliphatic heterocycles. The third-order valence-electron chi connectivity index (χ3n) is 3.05. The van der Waals surface area contributed by atoms with E-state index >= 15 is 0 Å². The summed E-state index contributed by atoms with van der Waals surface area (Å²) in [5.41, 5.74) is 1.43. The van der Waals surface area contributed by atoms with Crippen LogP contribution in [0.15, 0.2) is 52.3 Å². The van der Waals surface area contributed by atoms with Crippen molar-refractivity contribution in [3.63, 3.8) is 0 Å². The Morgan fingerprint density at radius 1 is 0.889 bits per heavy atom. The number of rotatable bonds is 0. The number of aliphatic hydroxyl groups excluding tert-OH is 2. The highest BCUT2D eigenvalue weighted by molar-refractivity contribution is 7.99. The van der Waals surface area contributed by atoms with Gasteiger partial charge in [-0.05, 0) is 35.4 Å². The van der Waals surface area contributed by atoms with Crippen molar-refractivity contribution in [3.8, 4) is 0 Å². The molecule has 4 heteroatoms. The van der Waals surface area contributed by atoms with Crippen molar-refractivity contribution in [3.05, 3.63) is 58.6 Å². The SMILES string of the molecule is OC1c2ccccc2Sc2ccc(Cl)cc2C1O. The molecule has 2 N–H and O–H groups in total. The first kappa shape index (κ1) is 12.1. The van der Waals surface area contributed by atoms with Crippen LogP contribution in [0.2, 0.25) is 5.02 Å². The molecule has 2 nitrogen and oxygen atoms in total. The smallest absolute Gasteiger partial charge is 0.110 e. The van der Waals surface area contributed by atoms with E-state index in [-0.39, 0.29) is 0 Å². The van der Waals surface area contributed by atoms with E-state index in [9.17, 15) is 10.2 Å². The van der Waals surface area contributed by atoms with Crippen LogP contribution in [0.3, 0.4) is 0 Å². The van der Waals surface area contributed by atoms with E-state index in [0.717, 1.165) is 15.4 Å². The average molecular weight is 279 g/mol. The van der Waals surface area contributed by atoms with Gasteiger partial charge in [0.1, 0.15) is 12.2 Å². The number of fused-ring (bicyclic) bond motifs is 2. The van der Waals surface area contributed by atoms with E-state index in [1.807, 2.05) is 30.3 Å². The third-order valence-corrected chi connectivity index (χ3v) is 4.47. The summed E-state index contributed by atoms with van der Waals surface area (Å²) >= 11 is 7.49. The van der Waals surface area contributed by atoms with E-state index in [2.05, 4.69) is 0 Å². The molecule has 0 fully saturated rings. The van der Waals surface area contributed by atoms with Gasteiger partial charge >= 0.3 is 0 Å². The summed E-state index contributed by atoms with van der Waals surface area (Å²) in [6.07, 6.45) is -1.87. The summed E-state index contributed by atoms with van der Waals surface area (Å²) in [5, 5.41) is 21.1. The first-order valence-corrected chi connectivity index (χ1v) is 6.78. The highest BCUT2D eigenvalue weighted by Crippen LogP contribution is 2.45. The summed E-state index contributed by atoms with van der Waals surface area (Å²) in [4.78, 5) is 1.89. The monoisotopic (exact) mass is 278 g/mol. The summed E-state index contributed by atoms with van der Waals surface area (Å²) in [6.45, 7) is 0. The number of hydrogen-bond acceptors (Lipinski definition) is 3. The standard InChI is InChI=1S/C14H11ClO2S/c15-8-5-6-12-10(7-8)14(17)13(16)9-3-1-2-4-11(9)18-12/h1-7,13-14,16-17H. The molecular weight excluding hydrogens is 268 g/mol. The predicted molar refractivity (Wildman–Crippen MR) is 71.9 cm³/mol. The van der Waals surface area contributed by atoms with Gasteiger partial charge in [0.05, 0.1) is 0 Å². The lowest BCUT2D eigenvalue weighted by molar-refractivity contribution is 0.0148. The lowest BCUT2D eigenvalue weighted by Gasteiger charge is -2.17. The zero-order valence-electron chi connectivity index (χ0n) is 9.38. The zero-order chi connectivity index (χ0) is 12.7. The molecule has 0 saturated carbocycles. The average Bonchev–Trinajstić information content (AvgIpc) is 2.48. The third kappa shape index (κ3) is 1.93. The van der Waals surface area contributed by atoms with Crippen LogP contribution in [0.25, 0.3) is 0 Å². The molecule has 0 aromatic heterocycles. The Morgan fingerprint density at radius 2 is 1.56 bits per heavy atom. The second kappa shape index (κ2) is 4.59. The highest BCUT2D eigenvalue weighted by atomic mass is 35.5. The molecule has 1 aliphatic rings. The number of halogens is 1. The highest BCUT2D eigenvalue weighted by Gasteiger charge is 2.28. The van der Waals surface area contributed by atoms with Crippen LogP contribution in [-0.2, 0) is 0 Å². The van der Waals surface area contributed by atoms with Crippen molar-refractivity contribution in [1.82, 2.24) is 0 Å². The fourth-order valence-electron chi connectivity index (χ4n) is 2.12. The second-order valence-electron chi connectivity index (χ2n) is 4.21. The van der Waals surface area contributed by atoms with Crippen molar-refractivity contribution in [1.29, 1.82) is 0 Å². The van der Waals surface area contributed by atoms with Crippen molar-refractivity contribution in [2.75, 3.05) is 0 Å². The van der Waals surface area contributed by atoms with Crippen LogP contribution in [0.5, 0.6) is 0 Å². The van der Waals surface area contributed by atoms with Crippen LogP contribution >= 0.6 is 23.4 Å². The maximum Gasteiger partial charge on any atom is 0.110 e. The lowest BCUT2D eigenvalue weighted by atomic mass is 9.98. The van der Waals surface area contributed by atoms with Crippen LogP contribution < -0.4 is 0 Å². The zero-order valence-corrected chi connectivity index (χ0v) is 10.9. The van der Waals surface area contributed by atoms with E-state index in [1.54, 1.807) is 23.9 Å². The van der Waals surface area contributed by atoms with E-state index < -0.39 is 12.2 Å². The van der Waals surface area contributed by atoms with Gasteiger partial charge in [0.15, 0.2) is 0 Å². The predicted octanol–water partition coefficient (Wildman–Crippen LogP) is 3.57. The van der Waals surface area contributed by atoms with Gasteiger partial charge in [-0.1, -0.05) is 41.6 Å². The molecule has 2 aromatic carbocycles. The first-order chi connectivity index (χ1) is 8.66. The van der Waals surface area contributed by atoms with Gasteiger partial charge in [-0.2, -0.15) is 0 Å². The maximum atomic E-state index is 10.3. The van der Waals surface area contributed by atoms with Crippen LogP contribution in [-0.4, -0.2) is 10.2 Å². The molecule has 0 radical (unpaired) electrons. The summed E-state index contributed by atoms with van der Waals surface area (Å²) in [7, 11) is 0. The molecule has 2 unspecified atom stereocenters. The molecule has 18 heavy (non-hydrogen) atoms. The van der Waals surface area contributed by atoms with Gasteiger partial charge < -0.3 is 10.2 Å². The van der Waals surface area contributed by atoms with Crippen LogP contribution in [0, 0.1) is 0 Å². The van der Waals surface area contributed by atoms with Gasteiger partial charge in [-0.15, -0.1) is 0 Å². The molecule has 92 valence electrons. The molecular formula is C14H11ClO2S. The molecule has 0 bridgehead atoms. The molecule has 1 heterocycles. The first-order valence-electron chi connectivity index (χ1n) is 5.59. The Bertz CT molecular complexity index is 600. The number of hydrogen-bond donors (Lipinski definition) is 2. The van der Waals surface area contributed by atoms with Crippen molar-refractivity contribution in [2.45, 2.75) is 22.0 Å². The number of aliphatic hydroxyl groups is 2. The molecule has 0 saturated heterocycles. The van der Waals surface area contributed by atoms with Gasteiger partial charge in [-0.3, -0.25) is 0 Å². The normalized spacial score (nSPS) is 21.9. The minimum atomic E-state index is -0.949. The summed E-state index contributed by atoms with van der Waals surface area (Å²) in [5.74, 6) is 0. The molecule has 0 spiro atoms. The van der Waals surface area contributed by atoms with Gasteiger partial charge in [0.2, 0.25) is 0 Å². The Balaban J connectivity index is 2.20. The van der Waals surface area contributed by atoms with E-state index in [4.69, 9.17) is 11.6 Å². The van der Waals surface area contributed by atoms with Crippen LogP contribution in [0.1, 0.15) is 23.3 Å². The van der Waals surface area contributed by atoms with Gasteiger partial charge in [0.25, 0.3) is 0 Å². The minimum absolute atomic E-state index is 0.562. The van der Waals surface area contributed by atoms with E-state index in [1.165, 1.54) is 0 Å². The van der Waals surface area contributed by atoms with Crippen LogP contribution in [0.4, 0.5) is 0 Å². The Kier molecular flexibility index (Phi) is 3.08. The molecule has 2 aromatic rings. The fraction of sp³-hybridized carbons (Fsp3) is 0.143. The van der Waals surface area contributed by atoms with Gasteiger partial charge in [0, 0.05) is 14.8 Å². The molecule has 0 aliphatic carbocycles. The Morgan fingerprint density at radius 3 is 2.39 bits per heavy atom. The molecule has 3 rings (SSSR count). The lowest BCUT2D eigenvalue weighted by Crippen LogP contribution is -2.09. The van der Waals surface area contributed by atoms with E-state index in [0.29, 0.717) is 10.6 Å². The second-order valence-corrected chi connectivity index (χ2v) is 5.73. The minimum Gasteiger partial charge on any atom is -0.385 e. The molecule has 2 atom stereocenters. The van der Waals surface area contributed by atoms with Crippen molar-refractivity contribution in [2.24, 2.45) is 0 Å². The Labute approximate surface area is 114 Å². The summed E-state index contributed by atoms with van der Waals surface area (Å²) in [6, 6.07) is 12.9. The van der Waals surface area contributed by atoms with Gasteiger partial charge in [-0.25, -0.2) is 0 Å². The summed E-state index contributed by atoms with van der Waals surface area (Å²) < 4.78 is 0. The number of benzene rings is 2.